The third kappa shape index (κ3) is 3.01. The average Bonchev–Trinajstić information content (AvgIpc) is 2.19. The molecule has 0 amide bonds. The smallest absolute Gasteiger partial charge is 0.360 e. The van der Waals surface area contributed by atoms with E-state index in [1.807, 2.05) is 6.08 Å². The van der Waals surface area contributed by atoms with Crippen molar-refractivity contribution in [3.63, 3.8) is 0 Å². The molecule has 0 radical (unpaired) electrons. The van der Waals surface area contributed by atoms with E-state index in [0.717, 1.165) is 0 Å². The predicted octanol–water partition coefficient (Wildman–Crippen LogP) is -1.57. The number of likely N-dealkylation sites (tertiary alicyclic amines) is 1. The first-order valence-electron chi connectivity index (χ1n) is 3.13. The van der Waals surface area contributed by atoms with Crippen LogP contribution in [0, 0.1) is 6.54 Å². The van der Waals surface area contributed by atoms with Crippen molar-refractivity contribution in [2.45, 2.75) is 12.8 Å². The SMILES string of the molecule is C=C[CH-]N1CCCC1.[Li+]. The van der Waals surface area contributed by atoms with Crippen molar-refractivity contribution in [3.8, 4) is 0 Å². The van der Waals surface area contributed by atoms with Crippen molar-refractivity contribution in [2.24, 2.45) is 0 Å². The van der Waals surface area contributed by atoms with E-state index in [1.165, 1.54) is 25.9 Å². The standard InChI is InChI=1S/C7H12N.Li/c1-2-5-8-6-3-4-7-8;/h2,5H,1,3-4,6-7H2;/q-1;+1. The van der Waals surface area contributed by atoms with Crippen LogP contribution in [0.2, 0.25) is 0 Å². The van der Waals surface area contributed by atoms with Gasteiger partial charge in [0.15, 0.2) is 0 Å². The summed E-state index contributed by atoms with van der Waals surface area (Å²) in [5.74, 6) is 0. The first-order chi connectivity index (χ1) is 3.93. The van der Waals surface area contributed by atoms with Gasteiger partial charge in [-0.1, -0.05) is 0 Å². The molecule has 1 saturated heterocycles. The minimum Gasteiger partial charge on any atom is -0.360 e. The Bertz CT molecular complexity index is 77.0. The molecular formula is C7H12LiN. The topological polar surface area (TPSA) is 3.24 Å². The summed E-state index contributed by atoms with van der Waals surface area (Å²) in [6.45, 7) is 8.15. The van der Waals surface area contributed by atoms with Crippen LogP contribution in [0.25, 0.3) is 0 Å². The quantitative estimate of drug-likeness (QED) is 0.312. The van der Waals surface area contributed by atoms with Crippen molar-refractivity contribution < 1.29 is 18.9 Å². The van der Waals surface area contributed by atoms with Gasteiger partial charge in [0, 0.05) is 0 Å². The molecule has 0 bridgehead atoms. The normalized spacial score (nSPS) is 18.7. The fraction of sp³-hybridized carbons (Fsp3) is 0.571. The summed E-state index contributed by atoms with van der Waals surface area (Å²) in [5, 5.41) is 0. The van der Waals surface area contributed by atoms with Crippen molar-refractivity contribution in [2.75, 3.05) is 13.1 Å². The van der Waals surface area contributed by atoms with Crippen LogP contribution in [0.4, 0.5) is 0 Å². The molecule has 0 aliphatic carbocycles. The summed E-state index contributed by atoms with van der Waals surface area (Å²) in [6, 6.07) is 0. The maximum atomic E-state index is 3.63. The van der Waals surface area contributed by atoms with Gasteiger partial charge in [-0.15, -0.1) is 0 Å². The van der Waals surface area contributed by atoms with Gasteiger partial charge in [0.2, 0.25) is 0 Å². The molecule has 0 N–H and O–H groups in total. The zero-order chi connectivity index (χ0) is 5.82. The van der Waals surface area contributed by atoms with Gasteiger partial charge in [-0.2, -0.15) is 6.54 Å². The molecule has 0 aromatic carbocycles. The molecule has 1 fully saturated rings. The van der Waals surface area contributed by atoms with E-state index >= 15 is 0 Å². The van der Waals surface area contributed by atoms with Crippen molar-refractivity contribution >= 4 is 0 Å². The average molecular weight is 117 g/mol. The summed E-state index contributed by atoms with van der Waals surface area (Å²) in [6.07, 6.45) is 4.56. The Morgan fingerprint density at radius 2 is 1.89 bits per heavy atom. The van der Waals surface area contributed by atoms with E-state index in [4.69, 9.17) is 0 Å². The second-order valence-electron chi connectivity index (χ2n) is 2.13. The van der Waals surface area contributed by atoms with Crippen LogP contribution < -0.4 is 18.9 Å². The molecule has 0 atom stereocenters. The van der Waals surface area contributed by atoms with E-state index < -0.39 is 0 Å². The van der Waals surface area contributed by atoms with Crippen LogP contribution in [0.15, 0.2) is 12.7 Å². The molecular weight excluding hydrogens is 105 g/mol. The van der Waals surface area contributed by atoms with E-state index in [-0.39, 0.29) is 18.9 Å². The molecule has 1 aliphatic rings. The molecule has 9 heavy (non-hydrogen) atoms. The van der Waals surface area contributed by atoms with Gasteiger partial charge >= 0.3 is 18.9 Å². The van der Waals surface area contributed by atoms with Crippen molar-refractivity contribution in [1.29, 1.82) is 0 Å². The molecule has 1 aliphatic heterocycles. The summed E-state index contributed by atoms with van der Waals surface area (Å²) >= 11 is 0. The van der Waals surface area contributed by atoms with Gasteiger partial charge in [0.05, 0.1) is 0 Å². The fourth-order valence-electron chi connectivity index (χ4n) is 1.04. The fourth-order valence-corrected chi connectivity index (χ4v) is 1.04. The van der Waals surface area contributed by atoms with Gasteiger partial charge in [0.1, 0.15) is 0 Å². The zero-order valence-corrected chi connectivity index (χ0v) is 6.14. The van der Waals surface area contributed by atoms with Gasteiger partial charge in [-0.25, -0.2) is 12.7 Å². The summed E-state index contributed by atoms with van der Waals surface area (Å²) in [4.78, 5) is 2.30. The Hall–Kier alpha value is 0.167. The molecule has 0 spiro atoms. The van der Waals surface area contributed by atoms with Crippen molar-refractivity contribution in [1.82, 2.24) is 4.90 Å². The monoisotopic (exact) mass is 117 g/mol. The van der Waals surface area contributed by atoms with E-state index in [0.29, 0.717) is 0 Å². The molecule has 0 unspecified atom stereocenters. The number of hydrogen-bond acceptors (Lipinski definition) is 1. The second-order valence-corrected chi connectivity index (χ2v) is 2.13. The molecule has 1 nitrogen and oxygen atoms in total. The Morgan fingerprint density at radius 3 is 2.33 bits per heavy atom. The number of rotatable bonds is 2. The maximum absolute atomic E-state index is 3.63. The zero-order valence-electron chi connectivity index (χ0n) is 6.14. The predicted molar refractivity (Wildman–Crippen MR) is 35.3 cm³/mol. The van der Waals surface area contributed by atoms with Gasteiger partial charge in [0.25, 0.3) is 0 Å². The maximum Gasteiger partial charge on any atom is 1.00 e. The molecule has 0 saturated carbocycles. The first-order valence-corrected chi connectivity index (χ1v) is 3.13. The van der Waals surface area contributed by atoms with E-state index in [9.17, 15) is 0 Å². The minimum atomic E-state index is 0. The summed E-state index contributed by atoms with van der Waals surface area (Å²) < 4.78 is 0. The van der Waals surface area contributed by atoms with Crippen LogP contribution in [-0.2, 0) is 0 Å². The molecule has 1 rings (SSSR count). The largest absolute Gasteiger partial charge is 1.00 e. The van der Waals surface area contributed by atoms with Crippen LogP contribution in [-0.4, -0.2) is 18.0 Å². The Kier molecular flexibility index (Phi) is 5.09. The van der Waals surface area contributed by atoms with Crippen LogP contribution in [0.5, 0.6) is 0 Å². The Morgan fingerprint density at radius 1 is 1.33 bits per heavy atom. The van der Waals surface area contributed by atoms with Gasteiger partial charge in [-0.05, 0) is 25.9 Å². The second kappa shape index (κ2) is 4.99. The molecule has 0 aromatic rings. The van der Waals surface area contributed by atoms with Gasteiger partial charge < -0.3 is 4.90 Å². The third-order valence-corrected chi connectivity index (χ3v) is 1.46. The van der Waals surface area contributed by atoms with E-state index in [1.54, 1.807) is 0 Å². The molecule has 2 heteroatoms. The van der Waals surface area contributed by atoms with Crippen molar-refractivity contribution in [3.05, 3.63) is 19.2 Å². The minimum absolute atomic E-state index is 0. The van der Waals surface area contributed by atoms with Gasteiger partial charge in [-0.3, -0.25) is 0 Å². The number of hydrogen-bond donors (Lipinski definition) is 0. The Balaban J connectivity index is 0.000000640. The molecule has 1 heterocycles. The third-order valence-electron chi connectivity index (χ3n) is 1.46. The van der Waals surface area contributed by atoms with E-state index in [2.05, 4.69) is 18.0 Å². The van der Waals surface area contributed by atoms with Crippen LogP contribution in [0.3, 0.4) is 0 Å². The molecule has 0 aromatic heterocycles. The molecule has 46 valence electrons. The Labute approximate surface area is 69.3 Å². The van der Waals surface area contributed by atoms with Crippen LogP contribution >= 0.6 is 0 Å². The number of nitrogens with zero attached hydrogens (tertiary/aromatic N) is 1. The first kappa shape index (κ1) is 9.17. The summed E-state index contributed by atoms with van der Waals surface area (Å²) in [7, 11) is 0. The van der Waals surface area contributed by atoms with Crippen LogP contribution in [0.1, 0.15) is 12.8 Å². The summed E-state index contributed by atoms with van der Waals surface area (Å²) in [5.41, 5.74) is 0.